The van der Waals surface area contributed by atoms with Gasteiger partial charge in [0.15, 0.2) is 0 Å². The maximum atomic E-state index is 12.3. The van der Waals surface area contributed by atoms with Gasteiger partial charge in [-0.25, -0.2) is 0 Å². The summed E-state index contributed by atoms with van der Waals surface area (Å²) >= 11 is 0. The first kappa shape index (κ1) is 16.8. The second-order valence-electron chi connectivity index (χ2n) is 7.30. The molecule has 4 nitrogen and oxygen atoms in total. The van der Waals surface area contributed by atoms with Crippen LogP contribution in [0.5, 0.6) is 0 Å². The highest BCUT2D eigenvalue weighted by atomic mass is 16.6. The number of carbonyl (C=O) groups is 1. The fraction of sp³-hybridized carbons (Fsp3) is 0.941. The van der Waals surface area contributed by atoms with E-state index >= 15 is 0 Å². The molecule has 1 saturated heterocycles. The lowest BCUT2D eigenvalue weighted by atomic mass is 9.79. The van der Waals surface area contributed by atoms with Crippen molar-refractivity contribution in [1.29, 1.82) is 0 Å². The Labute approximate surface area is 128 Å². The SMILES string of the molecule is CC(C)C(COC(=O)C1CC(O)CCC1C)CC1OC1C. The number of hydrogen-bond acceptors (Lipinski definition) is 4. The molecule has 2 rings (SSSR count). The highest BCUT2D eigenvalue weighted by Gasteiger charge is 2.38. The van der Waals surface area contributed by atoms with Crippen LogP contribution in [0, 0.1) is 23.7 Å². The first-order chi connectivity index (χ1) is 9.88. The molecule has 6 unspecified atom stereocenters. The van der Waals surface area contributed by atoms with Gasteiger partial charge < -0.3 is 14.6 Å². The minimum Gasteiger partial charge on any atom is -0.465 e. The zero-order chi connectivity index (χ0) is 15.6. The first-order valence-corrected chi connectivity index (χ1v) is 8.38. The monoisotopic (exact) mass is 298 g/mol. The van der Waals surface area contributed by atoms with Crippen LogP contribution in [-0.4, -0.2) is 36.0 Å². The summed E-state index contributed by atoms with van der Waals surface area (Å²) in [4.78, 5) is 12.3. The average Bonchev–Trinajstić information content (AvgIpc) is 3.12. The molecule has 0 aromatic carbocycles. The van der Waals surface area contributed by atoms with Crippen molar-refractivity contribution in [3.63, 3.8) is 0 Å². The summed E-state index contributed by atoms with van der Waals surface area (Å²) in [7, 11) is 0. The molecule has 6 atom stereocenters. The van der Waals surface area contributed by atoms with Gasteiger partial charge in [0.1, 0.15) is 0 Å². The number of epoxide rings is 1. The minimum atomic E-state index is -0.347. The van der Waals surface area contributed by atoms with Crippen LogP contribution in [0.25, 0.3) is 0 Å². The summed E-state index contributed by atoms with van der Waals surface area (Å²) in [6.45, 7) is 8.97. The molecule has 21 heavy (non-hydrogen) atoms. The summed E-state index contributed by atoms with van der Waals surface area (Å²) in [5.41, 5.74) is 0. The van der Waals surface area contributed by atoms with Crippen molar-refractivity contribution in [1.82, 2.24) is 0 Å². The third kappa shape index (κ3) is 4.68. The van der Waals surface area contributed by atoms with E-state index in [0.717, 1.165) is 19.3 Å². The van der Waals surface area contributed by atoms with Gasteiger partial charge in [0.05, 0.1) is 30.8 Å². The molecule has 1 N–H and O–H groups in total. The molecule has 0 amide bonds. The van der Waals surface area contributed by atoms with Gasteiger partial charge in [-0.1, -0.05) is 20.8 Å². The van der Waals surface area contributed by atoms with Gasteiger partial charge in [0.2, 0.25) is 0 Å². The first-order valence-electron chi connectivity index (χ1n) is 8.38. The molecule has 1 aliphatic heterocycles. The van der Waals surface area contributed by atoms with Gasteiger partial charge in [-0.05, 0) is 50.4 Å². The molecular weight excluding hydrogens is 268 g/mol. The third-order valence-electron chi connectivity index (χ3n) is 5.22. The molecule has 0 aromatic heterocycles. The number of carbonyl (C=O) groups excluding carboxylic acids is 1. The second kappa shape index (κ2) is 7.10. The topological polar surface area (TPSA) is 59.1 Å². The Kier molecular flexibility index (Phi) is 5.67. The lowest BCUT2D eigenvalue weighted by Crippen LogP contribution is -2.34. The quantitative estimate of drug-likeness (QED) is 0.605. The smallest absolute Gasteiger partial charge is 0.309 e. The summed E-state index contributed by atoms with van der Waals surface area (Å²) in [5.74, 6) is 0.871. The maximum Gasteiger partial charge on any atom is 0.309 e. The lowest BCUT2D eigenvalue weighted by molar-refractivity contribution is -0.155. The molecule has 1 heterocycles. The summed E-state index contributed by atoms with van der Waals surface area (Å²) < 4.78 is 11.1. The molecule has 0 bridgehead atoms. The van der Waals surface area contributed by atoms with E-state index in [2.05, 4.69) is 27.7 Å². The van der Waals surface area contributed by atoms with E-state index in [0.29, 0.717) is 43.0 Å². The van der Waals surface area contributed by atoms with Gasteiger partial charge in [-0.2, -0.15) is 0 Å². The van der Waals surface area contributed by atoms with Gasteiger partial charge in [-0.3, -0.25) is 4.79 Å². The van der Waals surface area contributed by atoms with E-state index in [4.69, 9.17) is 9.47 Å². The van der Waals surface area contributed by atoms with E-state index < -0.39 is 0 Å². The molecule has 0 aromatic rings. The van der Waals surface area contributed by atoms with Crippen LogP contribution in [0.1, 0.15) is 53.4 Å². The normalized spacial score (nSPS) is 37.3. The van der Waals surface area contributed by atoms with E-state index in [9.17, 15) is 9.90 Å². The highest BCUT2D eigenvalue weighted by Crippen LogP contribution is 2.33. The molecular formula is C17H30O4. The Bertz CT molecular complexity index is 355. The predicted octanol–water partition coefficient (Wildman–Crippen LogP) is 2.78. The Hall–Kier alpha value is -0.610. The lowest BCUT2D eigenvalue weighted by Gasteiger charge is -2.31. The largest absolute Gasteiger partial charge is 0.465 e. The number of esters is 1. The summed E-state index contributed by atoms with van der Waals surface area (Å²) in [6.07, 6.45) is 3.57. The molecule has 4 heteroatoms. The number of rotatable bonds is 6. The predicted molar refractivity (Wildman–Crippen MR) is 80.8 cm³/mol. The molecule has 2 fully saturated rings. The number of hydrogen-bond donors (Lipinski definition) is 1. The van der Waals surface area contributed by atoms with Crippen molar-refractivity contribution in [2.24, 2.45) is 23.7 Å². The number of aliphatic hydroxyl groups is 1. The van der Waals surface area contributed by atoms with Crippen molar-refractivity contribution in [2.45, 2.75) is 71.7 Å². The molecule has 0 spiro atoms. The van der Waals surface area contributed by atoms with E-state index in [1.165, 1.54) is 0 Å². The van der Waals surface area contributed by atoms with Gasteiger partial charge in [-0.15, -0.1) is 0 Å². The van der Waals surface area contributed by atoms with Gasteiger partial charge in [0, 0.05) is 0 Å². The molecule has 1 saturated carbocycles. The Morgan fingerprint density at radius 3 is 2.57 bits per heavy atom. The molecule has 2 aliphatic rings. The van der Waals surface area contributed by atoms with Crippen LogP contribution >= 0.6 is 0 Å². The Morgan fingerprint density at radius 2 is 2.00 bits per heavy atom. The average molecular weight is 298 g/mol. The zero-order valence-corrected chi connectivity index (χ0v) is 13.7. The minimum absolute atomic E-state index is 0.128. The summed E-state index contributed by atoms with van der Waals surface area (Å²) in [5, 5.41) is 9.74. The fourth-order valence-corrected chi connectivity index (χ4v) is 3.23. The van der Waals surface area contributed by atoms with Crippen LogP contribution in [-0.2, 0) is 14.3 Å². The summed E-state index contributed by atoms with van der Waals surface area (Å²) in [6, 6.07) is 0. The number of aliphatic hydroxyl groups excluding tert-OH is 1. The Morgan fingerprint density at radius 1 is 1.33 bits per heavy atom. The van der Waals surface area contributed by atoms with Crippen molar-refractivity contribution in [3.8, 4) is 0 Å². The standard InChI is InChI=1S/C17H30O4/c1-10(2)13(7-16-12(4)21-16)9-20-17(19)15-8-14(18)6-5-11(15)3/h10-16,18H,5-9H2,1-4H3. The van der Waals surface area contributed by atoms with Crippen LogP contribution < -0.4 is 0 Å². The van der Waals surface area contributed by atoms with Crippen molar-refractivity contribution < 1.29 is 19.4 Å². The van der Waals surface area contributed by atoms with E-state index in [1.54, 1.807) is 0 Å². The Balaban J connectivity index is 1.80. The van der Waals surface area contributed by atoms with Crippen molar-refractivity contribution in [2.75, 3.05) is 6.61 Å². The molecule has 122 valence electrons. The van der Waals surface area contributed by atoms with Crippen molar-refractivity contribution >= 4 is 5.97 Å². The van der Waals surface area contributed by atoms with Crippen LogP contribution in [0.4, 0.5) is 0 Å². The van der Waals surface area contributed by atoms with Crippen molar-refractivity contribution in [3.05, 3.63) is 0 Å². The van der Waals surface area contributed by atoms with Crippen LogP contribution in [0.2, 0.25) is 0 Å². The highest BCUT2D eigenvalue weighted by molar-refractivity contribution is 5.73. The van der Waals surface area contributed by atoms with Gasteiger partial charge in [0.25, 0.3) is 0 Å². The fourth-order valence-electron chi connectivity index (χ4n) is 3.23. The number of ether oxygens (including phenoxy) is 2. The van der Waals surface area contributed by atoms with E-state index in [1.807, 2.05) is 0 Å². The molecule has 0 radical (unpaired) electrons. The van der Waals surface area contributed by atoms with Crippen LogP contribution in [0.15, 0.2) is 0 Å². The van der Waals surface area contributed by atoms with Crippen LogP contribution in [0.3, 0.4) is 0 Å². The van der Waals surface area contributed by atoms with E-state index in [-0.39, 0.29) is 18.0 Å². The third-order valence-corrected chi connectivity index (χ3v) is 5.22. The maximum absolute atomic E-state index is 12.3. The van der Waals surface area contributed by atoms with Gasteiger partial charge >= 0.3 is 5.97 Å². The second-order valence-corrected chi connectivity index (χ2v) is 7.30. The zero-order valence-electron chi connectivity index (χ0n) is 13.7. The molecule has 1 aliphatic carbocycles.